The Labute approximate surface area is 79.0 Å². The van der Waals surface area contributed by atoms with Crippen molar-refractivity contribution in [2.24, 2.45) is 11.8 Å². The Morgan fingerprint density at radius 1 is 1.85 bits per heavy atom. The molecule has 3 atom stereocenters. The Hall–Kier alpha value is -0.890. The largest absolute Gasteiger partial charge is 0.392 e. The van der Waals surface area contributed by atoms with Crippen molar-refractivity contribution in [1.82, 2.24) is 0 Å². The molecule has 0 amide bonds. The van der Waals surface area contributed by atoms with Crippen LogP contribution in [0.3, 0.4) is 0 Å². The summed E-state index contributed by atoms with van der Waals surface area (Å²) >= 11 is 0. The smallest absolute Gasteiger partial charge is 0.135 e. The molecule has 2 heteroatoms. The van der Waals surface area contributed by atoms with Crippen LogP contribution >= 0.6 is 0 Å². The molecule has 0 radical (unpaired) electrons. The van der Waals surface area contributed by atoms with Gasteiger partial charge in [-0.15, -0.1) is 6.58 Å². The lowest BCUT2D eigenvalue weighted by Crippen LogP contribution is -2.28. The third-order valence-corrected chi connectivity index (χ3v) is 2.61. The molecule has 1 aliphatic rings. The Kier molecular flexibility index (Phi) is 3.04. The first-order valence-electron chi connectivity index (χ1n) is 4.55. The molecule has 1 N–H and O–H groups in total. The fourth-order valence-corrected chi connectivity index (χ4v) is 1.59. The number of allylic oxidation sites excluding steroid dienone is 1. The van der Waals surface area contributed by atoms with Crippen LogP contribution in [0.25, 0.3) is 0 Å². The van der Waals surface area contributed by atoms with Crippen LogP contribution in [0.2, 0.25) is 0 Å². The summed E-state index contributed by atoms with van der Waals surface area (Å²) in [6, 6.07) is 0. The van der Waals surface area contributed by atoms with Crippen LogP contribution in [-0.4, -0.2) is 17.0 Å². The molecule has 72 valence electrons. The third-order valence-electron chi connectivity index (χ3n) is 2.61. The van der Waals surface area contributed by atoms with Crippen LogP contribution in [0.5, 0.6) is 0 Å². The second-order valence-electron chi connectivity index (χ2n) is 3.70. The number of carbonyl (C=O) groups is 1. The van der Waals surface area contributed by atoms with Gasteiger partial charge in [0, 0.05) is 11.8 Å². The van der Waals surface area contributed by atoms with E-state index in [1.54, 1.807) is 6.08 Å². The van der Waals surface area contributed by atoms with Gasteiger partial charge in [0.2, 0.25) is 0 Å². The quantitative estimate of drug-likeness (QED) is 0.654. The summed E-state index contributed by atoms with van der Waals surface area (Å²) < 4.78 is 0. The highest BCUT2D eigenvalue weighted by Gasteiger charge is 2.39. The topological polar surface area (TPSA) is 37.3 Å². The molecule has 0 spiro atoms. The zero-order chi connectivity index (χ0) is 10.0. The Morgan fingerprint density at radius 3 is 2.69 bits per heavy atom. The van der Waals surface area contributed by atoms with Gasteiger partial charge in [-0.1, -0.05) is 18.2 Å². The Balaban J connectivity index is 2.58. The predicted molar refractivity (Wildman–Crippen MR) is 52.2 cm³/mol. The molecule has 0 saturated heterocycles. The lowest BCUT2D eigenvalue weighted by atomic mass is 9.91. The molecule has 1 saturated carbocycles. The van der Waals surface area contributed by atoms with Crippen molar-refractivity contribution in [2.45, 2.75) is 25.9 Å². The minimum atomic E-state index is -0.553. The van der Waals surface area contributed by atoms with Crippen molar-refractivity contribution in [3.05, 3.63) is 24.8 Å². The molecule has 0 bridgehead atoms. The number of rotatable bonds is 5. The summed E-state index contributed by atoms with van der Waals surface area (Å²) in [4.78, 5) is 11.2. The van der Waals surface area contributed by atoms with E-state index >= 15 is 0 Å². The molecule has 0 aromatic carbocycles. The van der Waals surface area contributed by atoms with E-state index in [0.29, 0.717) is 6.42 Å². The minimum absolute atomic E-state index is 0.0344. The van der Waals surface area contributed by atoms with Gasteiger partial charge in [-0.05, 0) is 19.8 Å². The van der Waals surface area contributed by atoms with Gasteiger partial charge in [0.05, 0.1) is 6.10 Å². The number of aliphatic hydroxyl groups is 1. The van der Waals surface area contributed by atoms with E-state index in [1.165, 1.54) is 6.92 Å². The summed E-state index contributed by atoms with van der Waals surface area (Å²) in [5.41, 5.74) is 1.06. The van der Waals surface area contributed by atoms with Crippen molar-refractivity contribution in [3.8, 4) is 0 Å². The van der Waals surface area contributed by atoms with Crippen LogP contribution in [-0.2, 0) is 4.79 Å². The van der Waals surface area contributed by atoms with E-state index in [0.717, 1.165) is 12.0 Å². The Morgan fingerprint density at radius 2 is 2.38 bits per heavy atom. The number of ketones is 1. The molecule has 13 heavy (non-hydrogen) atoms. The molecule has 1 aliphatic carbocycles. The number of hydrogen-bond acceptors (Lipinski definition) is 2. The molecule has 1 unspecified atom stereocenters. The fourth-order valence-electron chi connectivity index (χ4n) is 1.59. The monoisotopic (exact) mass is 180 g/mol. The first-order valence-corrected chi connectivity index (χ1v) is 4.55. The van der Waals surface area contributed by atoms with E-state index in [2.05, 4.69) is 13.2 Å². The maximum Gasteiger partial charge on any atom is 0.135 e. The summed E-state index contributed by atoms with van der Waals surface area (Å²) in [7, 11) is 0. The highest BCUT2D eigenvalue weighted by atomic mass is 16.3. The zero-order valence-corrected chi connectivity index (χ0v) is 7.99. The van der Waals surface area contributed by atoms with E-state index in [4.69, 9.17) is 0 Å². The average Bonchev–Trinajstić information content (AvgIpc) is 2.76. The lowest BCUT2D eigenvalue weighted by molar-refractivity contribution is -0.124. The van der Waals surface area contributed by atoms with Gasteiger partial charge in [-0.25, -0.2) is 0 Å². The molecular weight excluding hydrogens is 164 g/mol. The molecule has 1 rings (SSSR count). The summed E-state index contributed by atoms with van der Waals surface area (Å²) in [5.74, 6) is -0.109. The van der Waals surface area contributed by atoms with E-state index < -0.39 is 6.10 Å². The number of aliphatic hydroxyl groups excluding tert-OH is 1. The summed E-state index contributed by atoms with van der Waals surface area (Å²) in [6.45, 7) is 8.87. The van der Waals surface area contributed by atoms with Crippen LogP contribution < -0.4 is 0 Å². The first kappa shape index (κ1) is 10.2. The second kappa shape index (κ2) is 3.88. The van der Waals surface area contributed by atoms with E-state index in [9.17, 15) is 9.90 Å². The summed E-state index contributed by atoms with van der Waals surface area (Å²) in [6.07, 6.45) is 2.55. The Bertz CT molecular complexity index is 242. The van der Waals surface area contributed by atoms with Crippen LogP contribution in [0, 0.1) is 11.8 Å². The highest BCUT2D eigenvalue weighted by Crippen LogP contribution is 2.41. The predicted octanol–water partition coefficient (Wildman–Crippen LogP) is 1.70. The van der Waals surface area contributed by atoms with Gasteiger partial charge < -0.3 is 5.11 Å². The molecular formula is C11H16O2. The zero-order valence-electron chi connectivity index (χ0n) is 7.99. The average molecular weight is 180 g/mol. The van der Waals surface area contributed by atoms with Gasteiger partial charge in [0.25, 0.3) is 0 Å². The first-order chi connectivity index (χ1) is 6.07. The van der Waals surface area contributed by atoms with Gasteiger partial charge >= 0.3 is 0 Å². The van der Waals surface area contributed by atoms with Crippen molar-refractivity contribution < 1.29 is 9.90 Å². The van der Waals surface area contributed by atoms with E-state index in [-0.39, 0.29) is 17.6 Å². The normalized spacial score (nSPS) is 25.1. The minimum Gasteiger partial charge on any atom is -0.392 e. The highest BCUT2D eigenvalue weighted by molar-refractivity contribution is 5.79. The van der Waals surface area contributed by atoms with Crippen LogP contribution in [0.15, 0.2) is 24.8 Å². The number of Topliss-reactive ketones (excluding diaryl/α,β-unsaturated/α-hetero) is 1. The molecule has 2 nitrogen and oxygen atoms in total. The maximum atomic E-state index is 11.2. The molecule has 1 fully saturated rings. The SMILES string of the molecule is C=CC[C@@H](C(C)=O)[C@@H](O)C1CC1=C. The van der Waals surface area contributed by atoms with Crippen molar-refractivity contribution in [2.75, 3.05) is 0 Å². The van der Waals surface area contributed by atoms with Crippen LogP contribution in [0.4, 0.5) is 0 Å². The van der Waals surface area contributed by atoms with Crippen LogP contribution in [0.1, 0.15) is 19.8 Å². The number of hydrogen-bond donors (Lipinski definition) is 1. The lowest BCUT2D eigenvalue weighted by Gasteiger charge is -2.18. The third kappa shape index (κ3) is 2.28. The molecule has 0 aromatic heterocycles. The molecule has 0 aliphatic heterocycles. The molecule has 0 aromatic rings. The van der Waals surface area contributed by atoms with Gasteiger partial charge in [-0.2, -0.15) is 0 Å². The number of carbonyl (C=O) groups excluding carboxylic acids is 1. The molecule has 0 heterocycles. The van der Waals surface area contributed by atoms with Crippen molar-refractivity contribution in [1.29, 1.82) is 0 Å². The van der Waals surface area contributed by atoms with Crippen molar-refractivity contribution >= 4 is 5.78 Å². The second-order valence-corrected chi connectivity index (χ2v) is 3.70. The standard InChI is InChI=1S/C11H16O2/c1-4-5-9(8(3)12)11(13)10-6-7(10)2/h4,9-11,13H,1-2,5-6H2,3H3/t9-,10?,11+/m0/s1. The fraction of sp³-hybridized carbons (Fsp3) is 0.545. The van der Waals surface area contributed by atoms with E-state index in [1.807, 2.05) is 0 Å². The van der Waals surface area contributed by atoms with Crippen molar-refractivity contribution in [3.63, 3.8) is 0 Å². The maximum absolute atomic E-state index is 11.2. The van der Waals surface area contributed by atoms with Gasteiger partial charge in [0.1, 0.15) is 5.78 Å². The summed E-state index contributed by atoms with van der Waals surface area (Å²) in [5, 5.41) is 9.79. The van der Waals surface area contributed by atoms with Gasteiger partial charge in [0.15, 0.2) is 0 Å². The van der Waals surface area contributed by atoms with Gasteiger partial charge in [-0.3, -0.25) is 4.79 Å².